The number of aryl methyl sites for hydroxylation is 2. The number of fused-ring (bicyclic) bond motifs is 2. The first-order valence-corrected chi connectivity index (χ1v) is 10.00. The minimum absolute atomic E-state index is 0.191. The molecule has 5 nitrogen and oxygen atoms in total. The van der Waals surface area contributed by atoms with E-state index >= 15 is 0 Å². The van der Waals surface area contributed by atoms with Crippen LogP contribution in [-0.2, 0) is 16.0 Å². The van der Waals surface area contributed by atoms with Gasteiger partial charge in [0.2, 0.25) is 5.78 Å². The number of hydrogen-bond acceptors (Lipinski definition) is 5. The molecule has 4 rings (SSSR count). The van der Waals surface area contributed by atoms with Gasteiger partial charge in [-0.25, -0.2) is 4.98 Å². The highest BCUT2D eigenvalue weighted by Gasteiger charge is 2.24. The van der Waals surface area contributed by atoms with Crippen LogP contribution in [0, 0.1) is 6.92 Å². The number of carbonyl (C=O) groups is 2. The molecule has 1 atom stereocenters. The highest BCUT2D eigenvalue weighted by atomic mass is 32.1. The van der Waals surface area contributed by atoms with Crippen LogP contribution in [0.3, 0.4) is 0 Å². The van der Waals surface area contributed by atoms with Crippen LogP contribution < -0.4 is 0 Å². The Morgan fingerprint density at radius 1 is 1.14 bits per heavy atom. The second-order valence-corrected chi connectivity index (χ2v) is 7.86. The van der Waals surface area contributed by atoms with Crippen LogP contribution >= 0.6 is 11.3 Å². The van der Waals surface area contributed by atoms with Crippen LogP contribution in [-0.4, -0.2) is 27.8 Å². The molecule has 0 spiro atoms. The van der Waals surface area contributed by atoms with Gasteiger partial charge in [-0.15, -0.1) is 11.3 Å². The number of rotatable bonds is 6. The lowest BCUT2D eigenvalue weighted by atomic mass is 10.0. The van der Waals surface area contributed by atoms with E-state index < -0.39 is 12.1 Å². The van der Waals surface area contributed by atoms with E-state index in [2.05, 4.69) is 9.97 Å². The Kier molecular flexibility index (Phi) is 4.96. The van der Waals surface area contributed by atoms with Crippen LogP contribution in [0.1, 0.15) is 34.4 Å². The lowest BCUT2D eigenvalue weighted by molar-refractivity contribution is -0.146. The van der Waals surface area contributed by atoms with Crippen molar-refractivity contribution in [3.63, 3.8) is 0 Å². The van der Waals surface area contributed by atoms with Crippen molar-refractivity contribution in [2.75, 3.05) is 0 Å². The molecule has 0 bridgehead atoms. The molecule has 0 unspecified atom stereocenters. The zero-order valence-electron chi connectivity index (χ0n) is 15.7. The molecule has 2 aromatic heterocycles. The van der Waals surface area contributed by atoms with E-state index in [9.17, 15) is 9.59 Å². The number of nitrogens with one attached hydrogen (secondary N) is 1. The average molecular weight is 392 g/mol. The maximum atomic E-state index is 12.9. The lowest BCUT2D eigenvalue weighted by Gasteiger charge is -2.12. The highest BCUT2D eigenvalue weighted by Crippen LogP contribution is 2.25. The van der Waals surface area contributed by atoms with E-state index in [1.165, 1.54) is 0 Å². The van der Waals surface area contributed by atoms with Crippen molar-refractivity contribution in [3.8, 4) is 0 Å². The van der Waals surface area contributed by atoms with Crippen molar-refractivity contribution in [3.05, 3.63) is 64.8 Å². The summed E-state index contributed by atoms with van der Waals surface area (Å²) < 4.78 is 6.51. The number of ketones is 1. The van der Waals surface area contributed by atoms with E-state index in [1.54, 1.807) is 18.3 Å². The third-order valence-corrected chi connectivity index (χ3v) is 5.79. The van der Waals surface area contributed by atoms with Crippen LogP contribution in [0.25, 0.3) is 21.1 Å². The first kappa shape index (κ1) is 18.4. The van der Waals surface area contributed by atoms with Gasteiger partial charge in [0.1, 0.15) is 0 Å². The molecule has 6 heteroatoms. The first-order valence-electron chi connectivity index (χ1n) is 9.18. The molecule has 0 radical (unpaired) electrons. The Hall–Kier alpha value is -2.99. The average Bonchev–Trinajstić information content (AvgIpc) is 3.25. The molecule has 2 heterocycles. The van der Waals surface area contributed by atoms with Gasteiger partial charge in [-0.3, -0.25) is 9.59 Å². The Labute approximate surface area is 166 Å². The Morgan fingerprint density at radius 2 is 1.89 bits per heavy atom. The summed E-state index contributed by atoms with van der Waals surface area (Å²) in [6.45, 7) is 3.48. The van der Waals surface area contributed by atoms with Gasteiger partial charge in [0.25, 0.3) is 0 Å². The smallest absolute Gasteiger partial charge is 0.306 e. The SMILES string of the molecule is Cc1[nH]c2ccccc2c1C(=O)[C@H](C)OC(=O)CCc1nc2ccccc2s1. The molecule has 0 amide bonds. The molecule has 0 saturated heterocycles. The Bertz CT molecular complexity index is 1140. The monoisotopic (exact) mass is 392 g/mol. The number of nitrogens with zero attached hydrogens (tertiary/aromatic N) is 1. The fraction of sp³-hybridized carbons (Fsp3) is 0.227. The third-order valence-electron chi connectivity index (χ3n) is 4.70. The topological polar surface area (TPSA) is 72.1 Å². The van der Waals surface area contributed by atoms with Crippen LogP contribution in [0.15, 0.2) is 48.5 Å². The summed E-state index contributed by atoms with van der Waals surface area (Å²) in [6.07, 6.45) is -0.129. The standard InChI is InChI=1S/C22H20N2O3S/c1-13-21(15-7-3-4-8-16(15)23-13)22(26)14(2)27-20(25)12-11-19-24-17-9-5-6-10-18(17)28-19/h3-10,14,23H,11-12H2,1-2H3/t14-/m0/s1. The zero-order valence-corrected chi connectivity index (χ0v) is 16.5. The van der Waals surface area contributed by atoms with Gasteiger partial charge in [0, 0.05) is 28.6 Å². The Balaban J connectivity index is 1.41. The minimum Gasteiger partial charge on any atom is -0.454 e. The summed E-state index contributed by atoms with van der Waals surface area (Å²) in [5.41, 5.74) is 3.21. The molecule has 28 heavy (non-hydrogen) atoms. The molecule has 2 aromatic carbocycles. The molecular formula is C22H20N2O3S. The lowest BCUT2D eigenvalue weighted by Crippen LogP contribution is -2.25. The number of thiazole rings is 1. The van der Waals surface area contributed by atoms with Gasteiger partial charge in [-0.2, -0.15) is 0 Å². The number of Topliss-reactive ketones (excluding diaryl/α,β-unsaturated/α-hetero) is 1. The quantitative estimate of drug-likeness (QED) is 0.377. The molecule has 0 fully saturated rings. The summed E-state index contributed by atoms with van der Waals surface area (Å²) in [4.78, 5) is 32.9. The molecule has 0 saturated carbocycles. The summed E-state index contributed by atoms with van der Waals surface area (Å²) in [5.74, 6) is -0.583. The number of benzene rings is 2. The van der Waals surface area contributed by atoms with E-state index in [0.29, 0.717) is 12.0 Å². The molecule has 4 aromatic rings. The van der Waals surface area contributed by atoms with Crippen molar-refractivity contribution in [2.24, 2.45) is 0 Å². The zero-order chi connectivity index (χ0) is 19.7. The third kappa shape index (κ3) is 3.55. The second kappa shape index (κ2) is 7.56. The summed E-state index contributed by atoms with van der Waals surface area (Å²) >= 11 is 1.58. The molecule has 0 aliphatic rings. The van der Waals surface area contributed by atoms with Crippen LogP contribution in [0.4, 0.5) is 0 Å². The fourth-order valence-corrected chi connectivity index (χ4v) is 4.31. The van der Waals surface area contributed by atoms with Gasteiger partial charge < -0.3 is 9.72 Å². The van der Waals surface area contributed by atoms with E-state index in [4.69, 9.17) is 4.74 Å². The fourth-order valence-electron chi connectivity index (χ4n) is 3.34. The molecule has 142 valence electrons. The van der Waals surface area contributed by atoms with Crippen LogP contribution in [0.2, 0.25) is 0 Å². The predicted molar refractivity (Wildman–Crippen MR) is 111 cm³/mol. The summed E-state index contributed by atoms with van der Waals surface area (Å²) in [6, 6.07) is 15.5. The van der Waals surface area contributed by atoms with Gasteiger partial charge in [0.15, 0.2) is 6.10 Å². The molecule has 0 aliphatic carbocycles. The molecule has 1 N–H and O–H groups in total. The van der Waals surface area contributed by atoms with Gasteiger partial charge in [-0.1, -0.05) is 30.3 Å². The van der Waals surface area contributed by atoms with Crippen molar-refractivity contribution < 1.29 is 14.3 Å². The number of para-hydroxylation sites is 2. The maximum Gasteiger partial charge on any atom is 0.306 e. The number of esters is 1. The van der Waals surface area contributed by atoms with Crippen LogP contribution in [0.5, 0.6) is 0 Å². The summed E-state index contributed by atoms with van der Waals surface area (Å²) in [7, 11) is 0. The van der Waals surface area contributed by atoms with E-state index in [1.807, 2.05) is 55.5 Å². The van der Waals surface area contributed by atoms with Crippen molar-refractivity contribution >= 4 is 44.2 Å². The minimum atomic E-state index is -0.833. The van der Waals surface area contributed by atoms with E-state index in [-0.39, 0.29) is 12.2 Å². The number of carbonyl (C=O) groups excluding carboxylic acids is 2. The largest absolute Gasteiger partial charge is 0.454 e. The predicted octanol–water partition coefficient (Wildman–Crippen LogP) is 4.83. The number of ether oxygens (including phenoxy) is 1. The summed E-state index contributed by atoms with van der Waals surface area (Å²) in [5, 5.41) is 1.74. The van der Waals surface area contributed by atoms with Gasteiger partial charge in [-0.05, 0) is 32.0 Å². The van der Waals surface area contributed by atoms with Crippen molar-refractivity contribution in [2.45, 2.75) is 32.8 Å². The highest BCUT2D eigenvalue weighted by molar-refractivity contribution is 7.18. The number of aromatic nitrogens is 2. The van der Waals surface area contributed by atoms with Gasteiger partial charge >= 0.3 is 5.97 Å². The first-order chi connectivity index (χ1) is 13.5. The maximum absolute atomic E-state index is 12.9. The normalized spacial score (nSPS) is 12.4. The number of hydrogen-bond donors (Lipinski definition) is 1. The second-order valence-electron chi connectivity index (χ2n) is 6.74. The molecule has 0 aliphatic heterocycles. The number of H-pyrrole nitrogens is 1. The number of aromatic amines is 1. The molecular weight excluding hydrogens is 372 g/mol. The van der Waals surface area contributed by atoms with E-state index in [0.717, 1.165) is 31.8 Å². The van der Waals surface area contributed by atoms with Gasteiger partial charge in [0.05, 0.1) is 21.6 Å². The Morgan fingerprint density at radius 3 is 2.71 bits per heavy atom. The van der Waals surface area contributed by atoms with Crippen molar-refractivity contribution in [1.82, 2.24) is 9.97 Å². The van der Waals surface area contributed by atoms with Crippen molar-refractivity contribution in [1.29, 1.82) is 0 Å².